The van der Waals surface area contributed by atoms with Crippen molar-refractivity contribution in [3.63, 3.8) is 0 Å². The molecule has 108 valence electrons. The van der Waals surface area contributed by atoms with E-state index in [0.717, 1.165) is 12.8 Å². The summed E-state index contributed by atoms with van der Waals surface area (Å²) < 4.78 is 0. The molecule has 1 amide bonds. The van der Waals surface area contributed by atoms with Crippen LogP contribution in [0.15, 0.2) is 54.9 Å². The number of benzene rings is 1. The van der Waals surface area contributed by atoms with Gasteiger partial charge in [0.25, 0.3) is 5.91 Å². The molecule has 2 aromatic rings. The minimum Gasteiger partial charge on any atom is -0.351 e. The van der Waals surface area contributed by atoms with Crippen LogP contribution >= 0.6 is 0 Å². The van der Waals surface area contributed by atoms with Gasteiger partial charge in [-0.1, -0.05) is 43.2 Å². The van der Waals surface area contributed by atoms with E-state index in [1.807, 2.05) is 6.07 Å². The zero-order valence-electron chi connectivity index (χ0n) is 12.1. The fraction of sp³-hybridized carbons (Fsp3) is 0.333. The molecule has 0 radical (unpaired) electrons. The Bertz CT molecular complexity index is 589. The summed E-state index contributed by atoms with van der Waals surface area (Å²) in [7, 11) is 0. The first-order valence-electron chi connectivity index (χ1n) is 7.54. The Balaban J connectivity index is 1.74. The second-order valence-corrected chi connectivity index (χ2v) is 5.77. The van der Waals surface area contributed by atoms with E-state index >= 15 is 0 Å². The normalized spacial score (nSPS) is 16.6. The highest BCUT2D eigenvalue weighted by atomic mass is 16.1. The van der Waals surface area contributed by atoms with Gasteiger partial charge in [0.1, 0.15) is 0 Å². The minimum atomic E-state index is -0.0143. The minimum absolute atomic E-state index is 0.0143. The summed E-state index contributed by atoms with van der Waals surface area (Å²) in [5.41, 5.74) is 2.12. The Kier molecular flexibility index (Phi) is 4.00. The van der Waals surface area contributed by atoms with Crippen LogP contribution in [0.2, 0.25) is 0 Å². The van der Waals surface area contributed by atoms with Gasteiger partial charge in [-0.25, -0.2) is 0 Å². The highest BCUT2D eigenvalue weighted by Crippen LogP contribution is 2.40. The summed E-state index contributed by atoms with van der Waals surface area (Å²) in [5.74, 6) is -0.0143. The number of hydrogen-bond donors (Lipinski definition) is 1. The first-order valence-corrected chi connectivity index (χ1v) is 7.54. The lowest BCUT2D eigenvalue weighted by atomic mass is 9.79. The molecule has 0 aliphatic heterocycles. The summed E-state index contributed by atoms with van der Waals surface area (Å²) in [6.07, 6.45) is 8.07. The maximum absolute atomic E-state index is 12.2. The van der Waals surface area contributed by atoms with Crippen LogP contribution in [0.4, 0.5) is 0 Å². The first kappa shape index (κ1) is 13.8. The van der Waals surface area contributed by atoms with Crippen molar-refractivity contribution >= 4 is 5.91 Å². The number of hydrogen-bond acceptors (Lipinski definition) is 2. The van der Waals surface area contributed by atoms with Crippen LogP contribution in [0.1, 0.15) is 41.6 Å². The van der Waals surface area contributed by atoms with Crippen LogP contribution in [0.25, 0.3) is 0 Å². The number of aromatic nitrogens is 1. The average molecular weight is 280 g/mol. The van der Waals surface area contributed by atoms with E-state index in [0.29, 0.717) is 12.1 Å². The monoisotopic (exact) mass is 280 g/mol. The fourth-order valence-corrected chi connectivity index (χ4v) is 3.27. The molecule has 3 heteroatoms. The summed E-state index contributed by atoms with van der Waals surface area (Å²) in [4.78, 5) is 16.2. The van der Waals surface area contributed by atoms with E-state index in [4.69, 9.17) is 0 Å². The largest absolute Gasteiger partial charge is 0.351 e. The van der Waals surface area contributed by atoms with E-state index < -0.39 is 0 Å². The molecule has 0 bridgehead atoms. The molecule has 0 unspecified atom stereocenters. The first-order chi connectivity index (χ1) is 10.3. The molecule has 21 heavy (non-hydrogen) atoms. The molecule has 1 saturated carbocycles. The molecule has 3 nitrogen and oxygen atoms in total. The predicted octanol–water partition coefficient (Wildman–Crippen LogP) is 3.32. The molecule has 1 fully saturated rings. The van der Waals surface area contributed by atoms with Crippen LogP contribution in [0.5, 0.6) is 0 Å². The number of amides is 1. The Morgan fingerprint density at radius 3 is 2.38 bits per heavy atom. The van der Waals surface area contributed by atoms with Crippen LogP contribution < -0.4 is 5.32 Å². The highest BCUT2D eigenvalue weighted by Gasteiger charge is 2.35. The van der Waals surface area contributed by atoms with E-state index in [1.54, 1.807) is 24.5 Å². The van der Waals surface area contributed by atoms with Gasteiger partial charge in [0.2, 0.25) is 0 Å². The van der Waals surface area contributed by atoms with Crippen molar-refractivity contribution in [3.05, 3.63) is 66.0 Å². The molecule has 1 aromatic heterocycles. The van der Waals surface area contributed by atoms with Gasteiger partial charge in [-0.2, -0.15) is 0 Å². The Morgan fingerprint density at radius 2 is 1.71 bits per heavy atom. The van der Waals surface area contributed by atoms with Crippen molar-refractivity contribution < 1.29 is 4.79 Å². The summed E-state index contributed by atoms with van der Waals surface area (Å²) >= 11 is 0. The average Bonchev–Trinajstić information content (AvgIpc) is 3.04. The quantitative estimate of drug-likeness (QED) is 0.933. The van der Waals surface area contributed by atoms with Crippen molar-refractivity contribution in [2.24, 2.45) is 0 Å². The smallest absolute Gasteiger partial charge is 0.251 e. The Labute approximate surface area is 125 Å². The van der Waals surface area contributed by atoms with Crippen molar-refractivity contribution in [1.29, 1.82) is 0 Å². The topological polar surface area (TPSA) is 42.0 Å². The van der Waals surface area contributed by atoms with Crippen molar-refractivity contribution in [2.45, 2.75) is 31.1 Å². The summed E-state index contributed by atoms with van der Waals surface area (Å²) in [5, 5.41) is 3.11. The lowest BCUT2D eigenvalue weighted by Crippen LogP contribution is -2.39. The zero-order chi connectivity index (χ0) is 14.5. The SMILES string of the molecule is O=C(NCC1(c2ccccc2)CCCC1)c1ccncc1. The van der Waals surface area contributed by atoms with E-state index in [-0.39, 0.29) is 11.3 Å². The molecule has 1 aliphatic carbocycles. The van der Waals surface area contributed by atoms with Gasteiger partial charge < -0.3 is 5.32 Å². The van der Waals surface area contributed by atoms with E-state index in [1.165, 1.54) is 18.4 Å². The maximum atomic E-state index is 12.2. The van der Waals surface area contributed by atoms with Crippen molar-refractivity contribution in [2.75, 3.05) is 6.54 Å². The number of carbonyl (C=O) groups excluding carboxylic acids is 1. The zero-order valence-corrected chi connectivity index (χ0v) is 12.1. The van der Waals surface area contributed by atoms with Gasteiger partial charge >= 0.3 is 0 Å². The highest BCUT2D eigenvalue weighted by molar-refractivity contribution is 5.94. The van der Waals surface area contributed by atoms with Crippen molar-refractivity contribution in [3.8, 4) is 0 Å². The summed E-state index contributed by atoms with van der Waals surface area (Å²) in [6.45, 7) is 0.707. The standard InChI is InChI=1S/C18H20N2O/c21-17(15-8-12-19-13-9-15)20-14-18(10-4-5-11-18)16-6-2-1-3-7-16/h1-3,6-9,12-13H,4-5,10-11,14H2,(H,20,21). The molecule has 1 aromatic carbocycles. The lowest BCUT2D eigenvalue weighted by Gasteiger charge is -2.30. The molecule has 0 saturated heterocycles. The number of rotatable bonds is 4. The summed E-state index contributed by atoms with van der Waals surface area (Å²) in [6, 6.07) is 14.1. The molecule has 1 heterocycles. The molecular formula is C18H20N2O. The second-order valence-electron chi connectivity index (χ2n) is 5.77. The third-order valence-corrected chi connectivity index (χ3v) is 4.48. The van der Waals surface area contributed by atoms with Crippen LogP contribution in [0.3, 0.4) is 0 Å². The van der Waals surface area contributed by atoms with Gasteiger partial charge in [0.15, 0.2) is 0 Å². The number of nitrogens with zero attached hydrogens (tertiary/aromatic N) is 1. The maximum Gasteiger partial charge on any atom is 0.251 e. The lowest BCUT2D eigenvalue weighted by molar-refractivity contribution is 0.0943. The Hall–Kier alpha value is -2.16. The predicted molar refractivity (Wildman–Crippen MR) is 83.2 cm³/mol. The number of nitrogens with one attached hydrogen (secondary N) is 1. The van der Waals surface area contributed by atoms with Crippen molar-refractivity contribution in [1.82, 2.24) is 10.3 Å². The molecule has 3 rings (SSSR count). The Morgan fingerprint density at radius 1 is 1.05 bits per heavy atom. The van der Waals surface area contributed by atoms with Gasteiger partial charge in [-0.15, -0.1) is 0 Å². The third kappa shape index (κ3) is 2.97. The molecule has 1 aliphatic rings. The molecule has 1 N–H and O–H groups in total. The van der Waals surface area contributed by atoms with Gasteiger partial charge in [-0.3, -0.25) is 9.78 Å². The fourth-order valence-electron chi connectivity index (χ4n) is 3.27. The number of carbonyl (C=O) groups is 1. The molecular weight excluding hydrogens is 260 g/mol. The van der Waals surface area contributed by atoms with E-state index in [9.17, 15) is 4.79 Å². The number of pyridine rings is 1. The molecule has 0 atom stereocenters. The van der Waals surface area contributed by atoms with Gasteiger partial charge in [0, 0.05) is 29.9 Å². The second kappa shape index (κ2) is 6.08. The van der Waals surface area contributed by atoms with E-state index in [2.05, 4.69) is 34.6 Å². The van der Waals surface area contributed by atoms with Crippen LogP contribution in [-0.2, 0) is 5.41 Å². The van der Waals surface area contributed by atoms with Crippen LogP contribution in [0, 0.1) is 0 Å². The van der Waals surface area contributed by atoms with Gasteiger partial charge in [-0.05, 0) is 30.5 Å². The van der Waals surface area contributed by atoms with Gasteiger partial charge in [0.05, 0.1) is 0 Å². The third-order valence-electron chi connectivity index (χ3n) is 4.48. The van der Waals surface area contributed by atoms with Crippen LogP contribution in [-0.4, -0.2) is 17.4 Å². The molecule has 0 spiro atoms.